The van der Waals surface area contributed by atoms with Crippen LogP contribution in [0.5, 0.6) is 0 Å². The van der Waals surface area contributed by atoms with Crippen LogP contribution in [0.25, 0.3) is 0 Å². The molecule has 0 bridgehead atoms. The van der Waals surface area contributed by atoms with Gasteiger partial charge in [-0.2, -0.15) is 0 Å². The molecule has 0 saturated heterocycles. The first-order valence-corrected chi connectivity index (χ1v) is 13.1. The summed E-state index contributed by atoms with van der Waals surface area (Å²) < 4.78 is 16.8. The third-order valence-electron chi connectivity index (χ3n) is 8.45. The van der Waals surface area contributed by atoms with Gasteiger partial charge in [-0.25, -0.2) is 0 Å². The lowest BCUT2D eigenvalue weighted by Gasteiger charge is -2.46. The minimum Gasteiger partial charge on any atom is -0.461 e. The molecule has 2 aliphatic heterocycles. The summed E-state index contributed by atoms with van der Waals surface area (Å²) in [5, 5.41) is 0. The van der Waals surface area contributed by atoms with E-state index in [0.717, 1.165) is 73.3 Å². The zero-order valence-electron chi connectivity index (χ0n) is 21.6. The minimum atomic E-state index is -0.536. The molecule has 0 N–H and O–H groups in total. The average molecular weight is 517 g/mol. The van der Waals surface area contributed by atoms with E-state index in [4.69, 9.17) is 14.2 Å². The second-order valence-corrected chi connectivity index (χ2v) is 10.9. The number of rotatable bonds is 10. The van der Waals surface area contributed by atoms with E-state index in [9.17, 15) is 24.0 Å². The van der Waals surface area contributed by atoms with Crippen LogP contribution in [-0.2, 0) is 38.2 Å². The van der Waals surface area contributed by atoms with Gasteiger partial charge in [-0.05, 0) is 68.6 Å². The van der Waals surface area contributed by atoms with Crippen LogP contribution in [0.2, 0.25) is 0 Å². The van der Waals surface area contributed by atoms with Crippen molar-refractivity contribution in [1.82, 2.24) is 9.80 Å². The lowest BCUT2D eigenvalue weighted by Crippen LogP contribution is -2.40. The fourth-order valence-electron chi connectivity index (χ4n) is 6.00. The number of esters is 1. The average Bonchev–Trinajstić information content (AvgIpc) is 3.37. The van der Waals surface area contributed by atoms with Gasteiger partial charge in [-0.15, -0.1) is 0 Å². The lowest BCUT2D eigenvalue weighted by atomic mass is 9.60. The third kappa shape index (κ3) is 6.54. The number of carbonyl (C=O) groups is 5. The molecule has 0 radical (unpaired) electrons. The largest absolute Gasteiger partial charge is 0.461 e. The van der Waals surface area contributed by atoms with Gasteiger partial charge in [0, 0.05) is 24.3 Å². The lowest BCUT2D eigenvalue weighted by molar-refractivity contribution is -0.157. The van der Waals surface area contributed by atoms with E-state index in [1.807, 2.05) is 0 Å². The molecule has 2 fully saturated rings. The molecule has 0 aromatic carbocycles. The molecule has 202 valence electrons. The van der Waals surface area contributed by atoms with Crippen molar-refractivity contribution in [3.05, 3.63) is 24.3 Å². The summed E-state index contributed by atoms with van der Waals surface area (Å²) in [6, 6.07) is 0. The third-order valence-corrected chi connectivity index (χ3v) is 8.45. The molecular formula is C27H36N2O8. The van der Waals surface area contributed by atoms with Gasteiger partial charge in [0.05, 0.1) is 6.10 Å². The van der Waals surface area contributed by atoms with Crippen molar-refractivity contribution in [3.63, 3.8) is 0 Å². The summed E-state index contributed by atoms with van der Waals surface area (Å²) in [6.45, 7) is 4.30. The smallest absolute Gasteiger partial charge is 0.326 e. The van der Waals surface area contributed by atoms with E-state index in [1.54, 1.807) is 0 Å². The van der Waals surface area contributed by atoms with Crippen molar-refractivity contribution < 1.29 is 38.2 Å². The van der Waals surface area contributed by atoms with E-state index in [2.05, 4.69) is 13.8 Å². The molecule has 2 heterocycles. The van der Waals surface area contributed by atoms with E-state index in [-0.39, 0.29) is 49.5 Å². The Hall–Kier alpha value is -2.85. The highest BCUT2D eigenvalue weighted by molar-refractivity contribution is 6.14. The van der Waals surface area contributed by atoms with Gasteiger partial charge in [0.25, 0.3) is 23.6 Å². The molecule has 2 saturated carbocycles. The van der Waals surface area contributed by atoms with Gasteiger partial charge in [-0.1, -0.05) is 13.8 Å². The number of hydrogen-bond donors (Lipinski definition) is 0. The monoisotopic (exact) mass is 516 g/mol. The maximum atomic E-state index is 12.3. The molecule has 10 heteroatoms. The van der Waals surface area contributed by atoms with Gasteiger partial charge in [-0.3, -0.25) is 33.8 Å². The number of hydrogen-bond acceptors (Lipinski definition) is 8. The number of carbonyl (C=O) groups excluding carboxylic acids is 5. The van der Waals surface area contributed by atoms with Gasteiger partial charge in [0.1, 0.15) is 26.2 Å². The van der Waals surface area contributed by atoms with Gasteiger partial charge >= 0.3 is 5.97 Å². The van der Waals surface area contributed by atoms with E-state index >= 15 is 0 Å². The molecular weight excluding hydrogens is 480 g/mol. The van der Waals surface area contributed by atoms with E-state index < -0.39 is 17.8 Å². The Bertz CT molecular complexity index is 935. The number of ether oxygens (including phenoxy) is 3. The summed E-state index contributed by atoms with van der Waals surface area (Å²) in [5.41, 5.74) is 0.153. The Balaban J connectivity index is 1.13. The first-order chi connectivity index (χ1) is 17.6. The number of nitrogens with zero attached hydrogens (tertiary/aromatic N) is 2. The van der Waals surface area contributed by atoms with Crippen molar-refractivity contribution in [2.45, 2.75) is 77.4 Å². The van der Waals surface area contributed by atoms with Crippen LogP contribution in [-0.4, -0.2) is 71.7 Å². The van der Waals surface area contributed by atoms with Crippen molar-refractivity contribution in [2.75, 3.05) is 20.1 Å². The van der Waals surface area contributed by atoms with Crippen LogP contribution < -0.4 is 0 Å². The molecule has 4 rings (SSSR count). The standard InChI is InChI=1S/C27H36N2O8/c1-27(2,18-3-7-20(8-4-18)36-17-35-16-29-24(32)13-14-25(29)33)19-5-9-21(10-6-19)37-26(34)15-28-22(30)11-12-23(28)31/h11-14,18-21H,3-10,15-17H2,1-2H3. The van der Waals surface area contributed by atoms with Crippen LogP contribution in [0.3, 0.4) is 0 Å². The molecule has 0 atom stereocenters. The van der Waals surface area contributed by atoms with Crippen LogP contribution in [0.4, 0.5) is 0 Å². The zero-order valence-corrected chi connectivity index (χ0v) is 21.6. The first kappa shape index (κ1) is 27.2. The van der Waals surface area contributed by atoms with Crippen LogP contribution in [0.15, 0.2) is 24.3 Å². The highest BCUT2D eigenvalue weighted by atomic mass is 16.7. The summed E-state index contributed by atoms with van der Waals surface area (Å²) in [5.74, 6) is -1.13. The molecule has 0 unspecified atom stereocenters. The second-order valence-electron chi connectivity index (χ2n) is 10.9. The molecule has 10 nitrogen and oxygen atoms in total. The summed E-state index contributed by atoms with van der Waals surface area (Å²) in [7, 11) is 0. The van der Waals surface area contributed by atoms with Crippen LogP contribution in [0.1, 0.15) is 65.2 Å². The van der Waals surface area contributed by atoms with Crippen molar-refractivity contribution >= 4 is 29.6 Å². The Morgan fingerprint density at radius 3 is 1.73 bits per heavy atom. The number of imide groups is 2. The van der Waals surface area contributed by atoms with Crippen LogP contribution in [0, 0.1) is 17.3 Å². The summed E-state index contributed by atoms with van der Waals surface area (Å²) in [6.07, 6.45) is 12.2. The highest BCUT2D eigenvalue weighted by Gasteiger charge is 2.41. The summed E-state index contributed by atoms with van der Waals surface area (Å²) in [4.78, 5) is 60.6. The molecule has 0 spiro atoms. The maximum absolute atomic E-state index is 12.3. The molecule has 0 aromatic rings. The number of amides is 4. The van der Waals surface area contributed by atoms with Crippen molar-refractivity contribution in [1.29, 1.82) is 0 Å². The zero-order chi connectivity index (χ0) is 26.6. The minimum absolute atomic E-state index is 0.0507. The Morgan fingerprint density at radius 2 is 1.22 bits per heavy atom. The highest BCUT2D eigenvalue weighted by Crippen LogP contribution is 2.48. The fraction of sp³-hybridized carbons (Fsp3) is 0.667. The predicted molar refractivity (Wildman–Crippen MR) is 130 cm³/mol. The Labute approximate surface area is 216 Å². The molecule has 4 aliphatic rings. The van der Waals surface area contributed by atoms with Crippen molar-refractivity contribution in [3.8, 4) is 0 Å². The molecule has 2 aliphatic carbocycles. The van der Waals surface area contributed by atoms with Gasteiger partial charge < -0.3 is 14.2 Å². The predicted octanol–water partition coefficient (Wildman–Crippen LogP) is 2.47. The normalized spacial score (nSPS) is 28.5. The Kier molecular flexibility index (Phi) is 8.59. The second kappa shape index (κ2) is 11.7. The van der Waals surface area contributed by atoms with Crippen LogP contribution >= 0.6 is 0 Å². The maximum Gasteiger partial charge on any atom is 0.326 e. The SMILES string of the molecule is CC(C)(C1CCC(OCOCN2C(=O)C=CC2=O)CC1)C1CCC(OC(=O)CN2C(=O)C=CC2=O)CC1. The van der Waals surface area contributed by atoms with E-state index in [1.165, 1.54) is 12.2 Å². The topological polar surface area (TPSA) is 120 Å². The molecule has 4 amide bonds. The summed E-state index contributed by atoms with van der Waals surface area (Å²) >= 11 is 0. The molecule has 37 heavy (non-hydrogen) atoms. The van der Waals surface area contributed by atoms with E-state index in [0.29, 0.717) is 11.8 Å². The molecule has 0 aromatic heterocycles. The Morgan fingerprint density at radius 1 is 0.757 bits per heavy atom. The quantitative estimate of drug-likeness (QED) is 0.188. The first-order valence-electron chi connectivity index (χ1n) is 13.1. The van der Waals surface area contributed by atoms with Gasteiger partial charge in [0.15, 0.2) is 0 Å². The van der Waals surface area contributed by atoms with Gasteiger partial charge in [0.2, 0.25) is 0 Å². The fourth-order valence-corrected chi connectivity index (χ4v) is 6.00. The van der Waals surface area contributed by atoms with Crippen molar-refractivity contribution in [2.24, 2.45) is 17.3 Å².